The molecular weight excluding hydrogens is 532 g/mol. The molecule has 0 aromatic heterocycles. The van der Waals surface area contributed by atoms with E-state index in [1.54, 1.807) is 19.1 Å². The maximum atomic E-state index is 12.8. The molecule has 0 saturated carbocycles. The van der Waals surface area contributed by atoms with E-state index in [1.807, 2.05) is 13.0 Å². The summed E-state index contributed by atoms with van der Waals surface area (Å²) in [4.78, 5) is 24.2. The van der Waals surface area contributed by atoms with Crippen LogP contribution >= 0.6 is 11.6 Å². The molecule has 1 N–H and O–H groups in total. The van der Waals surface area contributed by atoms with Crippen molar-refractivity contribution in [2.75, 3.05) is 19.0 Å². The Kier molecular flexibility index (Phi) is 9.12. The second kappa shape index (κ2) is 12.3. The SMILES string of the molecule is CCOc1cc(/C=C(\C#N)C(=O)Nc2ccc(C(=O)OC)cc2)cc(Cl)c1OS(=O)(=O)c1ccc(C)cc1. The molecule has 0 unspecified atom stereocenters. The van der Waals surface area contributed by atoms with Crippen LogP contribution in [0.3, 0.4) is 0 Å². The maximum absolute atomic E-state index is 12.8. The Labute approximate surface area is 225 Å². The van der Waals surface area contributed by atoms with Gasteiger partial charge in [-0.2, -0.15) is 13.7 Å². The number of anilines is 1. The van der Waals surface area contributed by atoms with Crippen molar-refractivity contribution in [1.29, 1.82) is 5.26 Å². The topological polar surface area (TPSA) is 132 Å². The Bertz CT molecular complexity index is 1530. The van der Waals surface area contributed by atoms with E-state index in [1.165, 1.54) is 61.7 Å². The van der Waals surface area contributed by atoms with Crippen LogP contribution in [0.5, 0.6) is 11.5 Å². The molecule has 38 heavy (non-hydrogen) atoms. The highest BCUT2D eigenvalue weighted by atomic mass is 35.5. The predicted octanol–water partition coefficient (Wildman–Crippen LogP) is 5.15. The number of methoxy groups -OCH3 is 1. The van der Waals surface area contributed by atoms with E-state index in [2.05, 4.69) is 10.1 Å². The summed E-state index contributed by atoms with van der Waals surface area (Å²) in [7, 11) is -2.96. The number of carbonyl (C=O) groups is 2. The van der Waals surface area contributed by atoms with Crippen molar-refractivity contribution in [3.05, 3.63) is 87.9 Å². The van der Waals surface area contributed by atoms with Gasteiger partial charge < -0.3 is 19.0 Å². The minimum absolute atomic E-state index is 0.0121. The number of esters is 1. The first-order valence-corrected chi connectivity index (χ1v) is 13.0. The van der Waals surface area contributed by atoms with Crippen molar-refractivity contribution in [2.45, 2.75) is 18.7 Å². The van der Waals surface area contributed by atoms with Gasteiger partial charge in [-0.1, -0.05) is 29.3 Å². The van der Waals surface area contributed by atoms with Crippen molar-refractivity contribution in [1.82, 2.24) is 0 Å². The second-order valence-corrected chi connectivity index (χ2v) is 9.76. The molecule has 0 aliphatic heterocycles. The average Bonchev–Trinajstić information content (AvgIpc) is 2.89. The van der Waals surface area contributed by atoms with Gasteiger partial charge >= 0.3 is 16.1 Å². The lowest BCUT2D eigenvalue weighted by Gasteiger charge is -2.14. The summed E-state index contributed by atoms with van der Waals surface area (Å²) in [6.45, 7) is 3.68. The fourth-order valence-corrected chi connectivity index (χ4v) is 4.46. The number of benzene rings is 3. The van der Waals surface area contributed by atoms with Crippen molar-refractivity contribution >= 4 is 45.4 Å². The third kappa shape index (κ3) is 6.91. The van der Waals surface area contributed by atoms with Crippen molar-refractivity contribution in [2.24, 2.45) is 0 Å². The summed E-state index contributed by atoms with van der Waals surface area (Å²) in [5.41, 5.74) is 1.56. The average molecular weight is 555 g/mol. The molecule has 0 saturated heterocycles. The summed E-state index contributed by atoms with van der Waals surface area (Å²) in [5, 5.41) is 12.0. The van der Waals surface area contributed by atoms with Crippen LogP contribution in [-0.2, 0) is 19.6 Å². The van der Waals surface area contributed by atoms with Gasteiger partial charge in [0.15, 0.2) is 5.75 Å². The van der Waals surface area contributed by atoms with Gasteiger partial charge in [0.2, 0.25) is 5.75 Å². The molecular formula is C27H23ClN2O7S. The highest BCUT2D eigenvalue weighted by Crippen LogP contribution is 2.39. The molecule has 0 heterocycles. The fourth-order valence-electron chi connectivity index (χ4n) is 3.20. The standard InChI is InChI=1S/C27H23ClN2O7S/c1-4-36-24-15-18(14-23(28)25(24)37-38(33,34)22-11-5-17(2)6-12-22)13-20(16-29)26(31)30-21-9-7-19(8-10-21)27(32)35-3/h5-15H,4H2,1-3H3,(H,30,31)/b20-13+. The lowest BCUT2D eigenvalue weighted by molar-refractivity contribution is -0.112. The van der Waals surface area contributed by atoms with Crippen LogP contribution < -0.4 is 14.2 Å². The molecule has 0 atom stereocenters. The number of nitrogens with zero attached hydrogens (tertiary/aromatic N) is 1. The Balaban J connectivity index is 1.89. The number of hydrogen-bond donors (Lipinski definition) is 1. The molecule has 3 rings (SSSR count). The molecule has 1 amide bonds. The van der Waals surface area contributed by atoms with Crippen molar-refractivity contribution in [3.63, 3.8) is 0 Å². The number of ether oxygens (including phenoxy) is 2. The van der Waals surface area contributed by atoms with E-state index in [0.29, 0.717) is 16.8 Å². The quantitative estimate of drug-likeness (QED) is 0.166. The van der Waals surface area contributed by atoms with Gasteiger partial charge in [0.1, 0.15) is 16.5 Å². The van der Waals surface area contributed by atoms with Crippen molar-refractivity contribution < 1.29 is 31.7 Å². The van der Waals surface area contributed by atoms with Crippen LogP contribution in [0.25, 0.3) is 6.08 Å². The first kappa shape index (κ1) is 28.2. The van der Waals surface area contributed by atoms with Gasteiger partial charge in [0, 0.05) is 5.69 Å². The largest absolute Gasteiger partial charge is 0.490 e. The molecule has 0 aliphatic carbocycles. The van der Waals surface area contributed by atoms with Crippen LogP contribution in [0, 0.1) is 18.3 Å². The summed E-state index contributed by atoms with van der Waals surface area (Å²) in [6, 6.07) is 16.6. The molecule has 0 spiro atoms. The lowest BCUT2D eigenvalue weighted by Crippen LogP contribution is -2.14. The molecule has 0 fully saturated rings. The minimum atomic E-state index is -4.22. The van der Waals surface area contributed by atoms with Gasteiger partial charge in [-0.3, -0.25) is 4.79 Å². The van der Waals surface area contributed by atoms with Crippen LogP contribution in [-0.4, -0.2) is 34.0 Å². The predicted molar refractivity (Wildman–Crippen MR) is 142 cm³/mol. The van der Waals surface area contributed by atoms with Crippen molar-refractivity contribution in [3.8, 4) is 17.6 Å². The van der Waals surface area contributed by atoms with Gasteiger partial charge in [-0.15, -0.1) is 0 Å². The molecule has 11 heteroatoms. The van der Waals surface area contributed by atoms with Gasteiger partial charge in [-0.05, 0) is 74.0 Å². The summed E-state index contributed by atoms with van der Waals surface area (Å²) in [6.07, 6.45) is 1.27. The Morgan fingerprint density at radius 1 is 1.08 bits per heavy atom. The van der Waals surface area contributed by atoms with Gasteiger partial charge in [-0.25, -0.2) is 4.79 Å². The molecule has 3 aromatic rings. The van der Waals surface area contributed by atoms with E-state index < -0.39 is 22.0 Å². The van der Waals surface area contributed by atoms with Gasteiger partial charge in [0.05, 0.1) is 24.3 Å². The number of carbonyl (C=O) groups excluding carboxylic acids is 2. The zero-order valence-electron chi connectivity index (χ0n) is 20.6. The van der Waals surface area contributed by atoms with Crippen LogP contribution in [0.4, 0.5) is 5.69 Å². The first-order valence-electron chi connectivity index (χ1n) is 11.2. The normalized spacial score (nSPS) is 11.3. The third-order valence-corrected chi connectivity index (χ3v) is 6.59. The van der Waals surface area contributed by atoms with Gasteiger partial charge in [0.25, 0.3) is 5.91 Å². The molecule has 196 valence electrons. The summed E-state index contributed by atoms with van der Waals surface area (Å²) < 4.78 is 41.1. The van der Waals surface area contributed by atoms with Crippen LogP contribution in [0.15, 0.2) is 71.1 Å². The molecule has 0 radical (unpaired) electrons. The number of aryl methyl sites for hydroxylation is 1. The highest BCUT2D eigenvalue weighted by molar-refractivity contribution is 7.87. The zero-order chi connectivity index (χ0) is 27.9. The Morgan fingerprint density at radius 3 is 2.32 bits per heavy atom. The lowest BCUT2D eigenvalue weighted by atomic mass is 10.1. The van der Waals surface area contributed by atoms with E-state index in [9.17, 15) is 23.3 Å². The second-order valence-electron chi connectivity index (χ2n) is 7.81. The van der Waals surface area contributed by atoms with Crippen LogP contribution in [0.1, 0.15) is 28.4 Å². The smallest absolute Gasteiger partial charge is 0.339 e. The first-order chi connectivity index (χ1) is 18.1. The Hall–Kier alpha value is -4.33. The molecule has 0 bridgehead atoms. The van der Waals surface area contributed by atoms with E-state index >= 15 is 0 Å². The number of amides is 1. The molecule has 3 aromatic carbocycles. The number of halogens is 1. The minimum Gasteiger partial charge on any atom is -0.490 e. The number of rotatable bonds is 9. The Morgan fingerprint density at radius 2 is 1.74 bits per heavy atom. The van der Waals surface area contributed by atoms with Crippen LogP contribution in [0.2, 0.25) is 5.02 Å². The fraction of sp³-hybridized carbons (Fsp3) is 0.148. The summed E-state index contributed by atoms with van der Waals surface area (Å²) in [5.74, 6) is -1.45. The monoisotopic (exact) mass is 554 g/mol. The molecule has 9 nitrogen and oxygen atoms in total. The maximum Gasteiger partial charge on any atom is 0.339 e. The number of nitrogens with one attached hydrogen (secondary N) is 1. The number of nitriles is 1. The summed E-state index contributed by atoms with van der Waals surface area (Å²) >= 11 is 6.36. The molecule has 0 aliphatic rings. The third-order valence-electron chi connectivity index (χ3n) is 5.07. The van der Waals surface area contributed by atoms with E-state index in [0.717, 1.165) is 5.56 Å². The van der Waals surface area contributed by atoms with E-state index in [4.69, 9.17) is 20.5 Å². The highest BCUT2D eigenvalue weighted by Gasteiger charge is 2.23. The van der Waals surface area contributed by atoms with E-state index in [-0.39, 0.29) is 33.6 Å². The zero-order valence-corrected chi connectivity index (χ0v) is 22.2. The number of hydrogen-bond acceptors (Lipinski definition) is 8.